The average molecular weight is 585 g/mol. The average Bonchev–Trinajstić information content (AvgIpc) is 2.90. The standard InChI is InChI=1S/C30H34BrNO6/c1-16(2)15-38-30(34)27-17(3)32-22-11-19(18-7-9-25(36-5)26(13-18)37-6)12-23(33)29(22)28(27)21-14-20(31)8-10-24(21)35-4/h7-10,13-14,16,19,28,32H,11-12,15H2,1-6H3. The molecule has 0 radical (unpaired) electrons. The number of benzene rings is 2. The first-order valence-electron chi connectivity index (χ1n) is 12.6. The lowest BCUT2D eigenvalue weighted by atomic mass is 9.71. The van der Waals surface area contributed by atoms with Crippen LogP contribution in [-0.4, -0.2) is 39.7 Å². The fourth-order valence-electron chi connectivity index (χ4n) is 5.21. The minimum atomic E-state index is -0.614. The van der Waals surface area contributed by atoms with Crippen LogP contribution in [0.25, 0.3) is 0 Å². The molecule has 0 fully saturated rings. The molecule has 0 bridgehead atoms. The highest BCUT2D eigenvalue weighted by Crippen LogP contribution is 2.48. The molecule has 4 rings (SSSR count). The molecule has 2 aromatic carbocycles. The van der Waals surface area contributed by atoms with E-state index >= 15 is 0 Å². The number of carbonyl (C=O) groups is 2. The molecule has 38 heavy (non-hydrogen) atoms. The zero-order valence-corrected chi connectivity index (χ0v) is 24.2. The van der Waals surface area contributed by atoms with E-state index in [9.17, 15) is 9.59 Å². The van der Waals surface area contributed by atoms with Crippen LogP contribution in [0.5, 0.6) is 17.2 Å². The van der Waals surface area contributed by atoms with E-state index in [1.807, 2.05) is 57.2 Å². The lowest BCUT2D eigenvalue weighted by molar-refractivity contribution is -0.140. The minimum absolute atomic E-state index is 0.0211. The zero-order valence-electron chi connectivity index (χ0n) is 22.6. The number of allylic oxidation sites excluding steroid dienone is 3. The summed E-state index contributed by atoms with van der Waals surface area (Å²) in [5.41, 5.74) is 4.23. The topological polar surface area (TPSA) is 83.1 Å². The Bertz CT molecular complexity index is 1310. The van der Waals surface area contributed by atoms with Crippen LogP contribution in [0.1, 0.15) is 56.6 Å². The van der Waals surface area contributed by atoms with Crippen LogP contribution in [0.4, 0.5) is 0 Å². The van der Waals surface area contributed by atoms with Gasteiger partial charge in [-0.3, -0.25) is 4.79 Å². The van der Waals surface area contributed by atoms with Crippen LogP contribution in [0.15, 0.2) is 63.4 Å². The smallest absolute Gasteiger partial charge is 0.336 e. The number of ketones is 1. The Labute approximate surface area is 232 Å². The highest BCUT2D eigenvalue weighted by Gasteiger charge is 2.42. The highest BCUT2D eigenvalue weighted by atomic mass is 79.9. The second kappa shape index (κ2) is 11.6. The Morgan fingerprint density at radius 1 is 1.00 bits per heavy atom. The molecular weight excluding hydrogens is 550 g/mol. The Kier molecular flexibility index (Phi) is 8.51. The molecule has 0 spiro atoms. The molecule has 2 atom stereocenters. The first kappa shape index (κ1) is 27.8. The van der Waals surface area contributed by atoms with Crippen LogP contribution >= 0.6 is 15.9 Å². The minimum Gasteiger partial charge on any atom is -0.496 e. The van der Waals surface area contributed by atoms with Gasteiger partial charge in [0.05, 0.1) is 39.4 Å². The number of carbonyl (C=O) groups excluding carboxylic acids is 2. The van der Waals surface area contributed by atoms with Gasteiger partial charge in [-0.2, -0.15) is 0 Å². The Morgan fingerprint density at radius 2 is 1.68 bits per heavy atom. The number of dihydropyridines is 1. The van der Waals surface area contributed by atoms with E-state index < -0.39 is 11.9 Å². The first-order chi connectivity index (χ1) is 18.2. The molecule has 2 unspecified atom stereocenters. The Balaban J connectivity index is 1.81. The number of esters is 1. The summed E-state index contributed by atoms with van der Waals surface area (Å²) in [5.74, 6) is 0.922. The summed E-state index contributed by atoms with van der Waals surface area (Å²) < 4.78 is 23.1. The number of methoxy groups -OCH3 is 3. The normalized spacial score (nSPS) is 19.2. The van der Waals surface area contributed by atoms with Crippen molar-refractivity contribution in [3.05, 3.63) is 74.5 Å². The monoisotopic (exact) mass is 583 g/mol. The van der Waals surface area contributed by atoms with Crippen LogP contribution < -0.4 is 19.5 Å². The molecule has 8 heteroatoms. The number of ether oxygens (including phenoxy) is 4. The Morgan fingerprint density at radius 3 is 2.34 bits per heavy atom. The van der Waals surface area contributed by atoms with Crippen LogP contribution in [0, 0.1) is 5.92 Å². The van der Waals surface area contributed by atoms with E-state index in [2.05, 4.69) is 21.2 Å². The second-order valence-corrected chi connectivity index (χ2v) is 10.9. The van der Waals surface area contributed by atoms with Crippen molar-refractivity contribution in [3.8, 4) is 17.2 Å². The maximum Gasteiger partial charge on any atom is 0.336 e. The zero-order chi connectivity index (χ0) is 27.6. The van der Waals surface area contributed by atoms with Crippen molar-refractivity contribution in [1.82, 2.24) is 5.32 Å². The predicted molar refractivity (Wildman–Crippen MR) is 149 cm³/mol. The van der Waals surface area contributed by atoms with Crippen LogP contribution in [-0.2, 0) is 14.3 Å². The third-order valence-corrected chi connectivity index (χ3v) is 7.47. The van der Waals surface area contributed by atoms with Gasteiger partial charge in [-0.15, -0.1) is 0 Å². The van der Waals surface area contributed by atoms with Crippen molar-refractivity contribution >= 4 is 27.7 Å². The van der Waals surface area contributed by atoms with Gasteiger partial charge in [-0.05, 0) is 61.1 Å². The van der Waals surface area contributed by atoms with Gasteiger partial charge in [0.2, 0.25) is 0 Å². The van der Waals surface area contributed by atoms with Crippen LogP contribution in [0.2, 0.25) is 0 Å². The molecule has 2 aliphatic rings. The van der Waals surface area contributed by atoms with E-state index in [1.54, 1.807) is 21.3 Å². The fraction of sp³-hybridized carbons (Fsp3) is 0.400. The first-order valence-corrected chi connectivity index (χ1v) is 13.4. The van der Waals surface area contributed by atoms with E-state index in [0.29, 0.717) is 53.5 Å². The number of hydrogen-bond donors (Lipinski definition) is 1. The molecule has 0 amide bonds. The van der Waals surface area contributed by atoms with Gasteiger partial charge in [0, 0.05) is 33.4 Å². The molecule has 1 N–H and O–H groups in total. The molecule has 1 aliphatic carbocycles. The molecule has 1 aliphatic heterocycles. The molecule has 7 nitrogen and oxygen atoms in total. The summed E-state index contributed by atoms with van der Waals surface area (Å²) in [6.07, 6.45) is 0.908. The summed E-state index contributed by atoms with van der Waals surface area (Å²) in [7, 11) is 4.78. The molecular formula is C30H34BrNO6. The van der Waals surface area contributed by atoms with Gasteiger partial charge < -0.3 is 24.3 Å². The van der Waals surface area contributed by atoms with E-state index in [4.69, 9.17) is 18.9 Å². The summed E-state index contributed by atoms with van der Waals surface area (Å²) in [4.78, 5) is 27.4. The predicted octanol–water partition coefficient (Wildman–Crippen LogP) is 6.04. The van der Waals surface area contributed by atoms with Gasteiger partial charge in [-0.25, -0.2) is 4.79 Å². The van der Waals surface area contributed by atoms with Gasteiger partial charge in [0.1, 0.15) is 5.75 Å². The highest BCUT2D eigenvalue weighted by molar-refractivity contribution is 9.10. The number of Topliss-reactive ketones (excluding diaryl/α,β-unsaturated/α-hetero) is 1. The van der Waals surface area contributed by atoms with Crippen LogP contribution in [0.3, 0.4) is 0 Å². The van der Waals surface area contributed by atoms with Gasteiger partial charge in [0.15, 0.2) is 17.3 Å². The second-order valence-electron chi connectivity index (χ2n) is 10.0. The Hall–Kier alpha value is -3.26. The van der Waals surface area contributed by atoms with Gasteiger partial charge in [0.25, 0.3) is 0 Å². The summed E-state index contributed by atoms with van der Waals surface area (Å²) in [6.45, 7) is 6.13. The van der Waals surface area contributed by atoms with E-state index in [0.717, 1.165) is 21.3 Å². The maximum absolute atomic E-state index is 13.9. The van der Waals surface area contributed by atoms with Crippen molar-refractivity contribution in [1.29, 1.82) is 0 Å². The largest absolute Gasteiger partial charge is 0.496 e. The van der Waals surface area contributed by atoms with Crippen molar-refractivity contribution in [2.24, 2.45) is 5.92 Å². The molecule has 0 aromatic heterocycles. The fourth-order valence-corrected chi connectivity index (χ4v) is 5.59. The van der Waals surface area contributed by atoms with Crippen molar-refractivity contribution in [3.63, 3.8) is 0 Å². The lowest BCUT2D eigenvalue weighted by Gasteiger charge is -2.37. The quantitative estimate of drug-likeness (QED) is 0.379. The van der Waals surface area contributed by atoms with E-state index in [-0.39, 0.29) is 17.6 Å². The summed E-state index contributed by atoms with van der Waals surface area (Å²) in [5, 5.41) is 3.40. The summed E-state index contributed by atoms with van der Waals surface area (Å²) in [6, 6.07) is 11.4. The van der Waals surface area contributed by atoms with Gasteiger partial charge in [-0.1, -0.05) is 35.8 Å². The van der Waals surface area contributed by atoms with Gasteiger partial charge >= 0.3 is 5.97 Å². The van der Waals surface area contributed by atoms with Crippen molar-refractivity contribution in [2.75, 3.05) is 27.9 Å². The summed E-state index contributed by atoms with van der Waals surface area (Å²) >= 11 is 3.56. The third kappa shape index (κ3) is 5.46. The lowest BCUT2D eigenvalue weighted by Crippen LogP contribution is -2.36. The van der Waals surface area contributed by atoms with Crippen molar-refractivity contribution < 1.29 is 28.5 Å². The number of hydrogen-bond acceptors (Lipinski definition) is 7. The van der Waals surface area contributed by atoms with E-state index in [1.165, 1.54) is 0 Å². The number of nitrogens with one attached hydrogen (secondary N) is 1. The number of rotatable bonds is 8. The molecule has 2 aromatic rings. The third-order valence-electron chi connectivity index (χ3n) is 6.98. The SMILES string of the molecule is COc1ccc(C2CC(=O)C3=C(C2)NC(C)=C(C(=O)OCC(C)C)C3c2cc(Br)ccc2OC)cc1OC. The molecule has 1 heterocycles. The molecule has 0 saturated carbocycles. The maximum atomic E-state index is 13.9. The molecule has 202 valence electrons. The molecule has 0 saturated heterocycles. The number of halogens is 1. The van der Waals surface area contributed by atoms with Crippen molar-refractivity contribution in [2.45, 2.75) is 45.4 Å².